The number of nitrogens with zero attached hydrogens (tertiary/aromatic N) is 2. The summed E-state index contributed by atoms with van der Waals surface area (Å²) in [5.74, 6) is -0.141. The van der Waals surface area contributed by atoms with Crippen molar-refractivity contribution >= 4 is 34.8 Å². The van der Waals surface area contributed by atoms with Crippen LogP contribution in [0.25, 0.3) is 5.69 Å². The van der Waals surface area contributed by atoms with Gasteiger partial charge in [-0.2, -0.15) is 0 Å². The van der Waals surface area contributed by atoms with Crippen LogP contribution in [0.3, 0.4) is 0 Å². The number of piperidine rings is 1. The van der Waals surface area contributed by atoms with Crippen LogP contribution < -0.4 is 20.7 Å². The Kier molecular flexibility index (Phi) is 6.37. The molecule has 0 atom stereocenters. The topological polar surface area (TPSA) is 89.6 Å². The second kappa shape index (κ2) is 9.36. The van der Waals surface area contributed by atoms with E-state index < -0.39 is 0 Å². The van der Waals surface area contributed by atoms with E-state index in [1.165, 1.54) is 7.11 Å². The zero-order valence-corrected chi connectivity index (χ0v) is 18.5. The first-order valence-corrected chi connectivity index (χ1v) is 10.8. The summed E-state index contributed by atoms with van der Waals surface area (Å²) in [5.41, 5.74) is 8.21. The number of rotatable bonds is 6. The Hall–Kier alpha value is -3.45. The van der Waals surface area contributed by atoms with Gasteiger partial charge in [0.15, 0.2) is 0 Å². The molecule has 1 aliphatic heterocycles. The molecule has 7 nitrogen and oxygen atoms in total. The minimum absolute atomic E-state index is 0.0458. The van der Waals surface area contributed by atoms with E-state index >= 15 is 0 Å². The summed E-state index contributed by atoms with van der Waals surface area (Å²) in [5, 5.41) is 3.35. The van der Waals surface area contributed by atoms with E-state index in [1.54, 1.807) is 12.1 Å². The number of halogens is 1. The van der Waals surface area contributed by atoms with Crippen LogP contribution in [0.2, 0.25) is 5.02 Å². The predicted molar refractivity (Wildman–Crippen MR) is 126 cm³/mol. The summed E-state index contributed by atoms with van der Waals surface area (Å²) in [7, 11) is 1.52. The van der Waals surface area contributed by atoms with E-state index in [9.17, 15) is 9.59 Å². The van der Waals surface area contributed by atoms with Crippen LogP contribution in [0.15, 0.2) is 60.9 Å². The summed E-state index contributed by atoms with van der Waals surface area (Å²) < 4.78 is 7.31. The van der Waals surface area contributed by atoms with Crippen molar-refractivity contribution in [3.63, 3.8) is 0 Å². The molecule has 2 amide bonds. The third-order valence-electron chi connectivity index (χ3n) is 5.78. The molecule has 1 aromatic heterocycles. The van der Waals surface area contributed by atoms with Crippen molar-refractivity contribution < 1.29 is 14.3 Å². The highest BCUT2D eigenvalue weighted by molar-refractivity contribution is 6.33. The molecule has 3 aromatic rings. The van der Waals surface area contributed by atoms with Gasteiger partial charge in [-0.25, -0.2) is 0 Å². The fourth-order valence-electron chi connectivity index (χ4n) is 3.96. The number of hydrogen-bond acceptors (Lipinski definition) is 4. The third kappa shape index (κ3) is 4.57. The maximum atomic E-state index is 12.9. The lowest BCUT2D eigenvalue weighted by Crippen LogP contribution is -2.38. The molecule has 2 aromatic carbocycles. The molecule has 4 rings (SSSR count). The SMILES string of the molecule is COc1cc(-n2cccc2)c(Cl)cc1C(=O)Nc1ccc(N2CCC(C(N)=O)CC2)cc1. The monoisotopic (exact) mass is 452 g/mol. The highest BCUT2D eigenvalue weighted by Gasteiger charge is 2.23. The van der Waals surface area contributed by atoms with Crippen LogP contribution in [-0.4, -0.2) is 36.6 Å². The quantitative estimate of drug-likeness (QED) is 0.589. The van der Waals surface area contributed by atoms with Crippen molar-refractivity contribution in [1.29, 1.82) is 0 Å². The first kappa shape index (κ1) is 21.8. The highest BCUT2D eigenvalue weighted by Crippen LogP contribution is 2.31. The van der Waals surface area contributed by atoms with Crippen LogP contribution >= 0.6 is 11.6 Å². The standard InChI is InChI=1S/C24H25ClN4O3/c1-32-22-15-21(29-10-2-3-11-29)20(25)14-19(22)24(31)27-17-4-6-18(7-5-17)28-12-8-16(9-13-28)23(26)30/h2-7,10-11,14-16H,8-9,12-13H2,1H3,(H2,26,30)(H,27,31). The van der Waals surface area contributed by atoms with E-state index in [0.29, 0.717) is 22.0 Å². The summed E-state index contributed by atoms with van der Waals surface area (Å²) in [6.45, 7) is 1.56. The number of amides is 2. The van der Waals surface area contributed by atoms with Crippen molar-refractivity contribution in [3.8, 4) is 11.4 Å². The van der Waals surface area contributed by atoms with Crippen LogP contribution in [0, 0.1) is 5.92 Å². The number of carbonyl (C=O) groups excluding carboxylic acids is 2. The van der Waals surface area contributed by atoms with Gasteiger partial charge in [0.05, 0.1) is 23.4 Å². The molecular formula is C24H25ClN4O3. The highest BCUT2D eigenvalue weighted by atomic mass is 35.5. The molecule has 2 heterocycles. The zero-order valence-electron chi connectivity index (χ0n) is 17.8. The van der Waals surface area contributed by atoms with Gasteiger partial charge in [-0.1, -0.05) is 11.6 Å². The van der Waals surface area contributed by atoms with Gasteiger partial charge in [-0.05, 0) is 55.3 Å². The van der Waals surface area contributed by atoms with Crippen molar-refractivity contribution in [1.82, 2.24) is 4.57 Å². The number of anilines is 2. The first-order valence-electron chi connectivity index (χ1n) is 10.4. The normalized spacial score (nSPS) is 14.2. The Morgan fingerprint density at radius 2 is 1.75 bits per heavy atom. The Morgan fingerprint density at radius 1 is 1.09 bits per heavy atom. The van der Waals surface area contributed by atoms with Crippen molar-refractivity contribution in [2.45, 2.75) is 12.8 Å². The molecule has 0 unspecified atom stereocenters. The van der Waals surface area contributed by atoms with Crippen molar-refractivity contribution in [2.75, 3.05) is 30.4 Å². The predicted octanol–water partition coefficient (Wildman–Crippen LogP) is 4.09. The second-order valence-corrected chi connectivity index (χ2v) is 8.17. The van der Waals surface area contributed by atoms with Crippen molar-refractivity contribution in [2.24, 2.45) is 11.7 Å². The van der Waals surface area contributed by atoms with E-state index in [4.69, 9.17) is 22.1 Å². The zero-order chi connectivity index (χ0) is 22.7. The lowest BCUT2D eigenvalue weighted by atomic mass is 9.96. The molecule has 3 N–H and O–H groups in total. The number of methoxy groups -OCH3 is 1. The third-order valence-corrected chi connectivity index (χ3v) is 6.09. The largest absolute Gasteiger partial charge is 0.496 e. The van der Waals surface area contributed by atoms with Gasteiger partial charge in [-0.15, -0.1) is 0 Å². The van der Waals surface area contributed by atoms with Gasteiger partial charge in [0.1, 0.15) is 5.75 Å². The Labute approximate surface area is 191 Å². The van der Waals surface area contributed by atoms with Gasteiger partial charge in [-0.3, -0.25) is 9.59 Å². The average molecular weight is 453 g/mol. The molecule has 1 aliphatic rings. The molecule has 32 heavy (non-hydrogen) atoms. The molecule has 0 bridgehead atoms. The van der Waals surface area contributed by atoms with E-state index in [0.717, 1.165) is 37.3 Å². The number of carbonyl (C=O) groups is 2. The number of benzene rings is 2. The number of aromatic nitrogens is 1. The Bertz CT molecular complexity index is 1110. The summed E-state index contributed by atoms with van der Waals surface area (Å²) >= 11 is 6.44. The average Bonchev–Trinajstić information content (AvgIpc) is 3.34. The summed E-state index contributed by atoms with van der Waals surface area (Å²) in [6, 6.07) is 14.8. The number of hydrogen-bond donors (Lipinski definition) is 2. The van der Waals surface area contributed by atoms with E-state index in [2.05, 4.69) is 10.2 Å². The molecule has 0 spiro atoms. The van der Waals surface area contributed by atoms with Gasteiger partial charge >= 0.3 is 0 Å². The maximum Gasteiger partial charge on any atom is 0.259 e. The Balaban J connectivity index is 1.46. The molecule has 166 valence electrons. The number of nitrogens with two attached hydrogens (primary N) is 1. The lowest BCUT2D eigenvalue weighted by Gasteiger charge is -2.32. The van der Waals surface area contributed by atoms with Gasteiger partial charge < -0.3 is 25.3 Å². The van der Waals surface area contributed by atoms with Crippen LogP contribution in [-0.2, 0) is 4.79 Å². The minimum atomic E-state index is -0.308. The molecular weight excluding hydrogens is 428 g/mol. The Morgan fingerprint density at radius 3 is 2.34 bits per heavy atom. The minimum Gasteiger partial charge on any atom is -0.496 e. The number of nitrogens with one attached hydrogen (secondary N) is 1. The van der Waals surface area contributed by atoms with Crippen molar-refractivity contribution in [3.05, 3.63) is 71.5 Å². The van der Waals surface area contributed by atoms with Gasteiger partial charge in [0.2, 0.25) is 5.91 Å². The molecule has 0 aliphatic carbocycles. The summed E-state index contributed by atoms with van der Waals surface area (Å²) in [4.78, 5) is 26.5. The lowest BCUT2D eigenvalue weighted by molar-refractivity contribution is -0.122. The van der Waals surface area contributed by atoms with Crippen LogP contribution in [0.5, 0.6) is 5.75 Å². The molecule has 0 radical (unpaired) electrons. The second-order valence-electron chi connectivity index (χ2n) is 7.76. The molecule has 1 fully saturated rings. The maximum absolute atomic E-state index is 12.9. The molecule has 0 saturated carbocycles. The molecule has 8 heteroatoms. The van der Waals surface area contributed by atoms with E-state index in [1.807, 2.05) is 53.4 Å². The number of ether oxygens (including phenoxy) is 1. The van der Waals surface area contributed by atoms with Crippen LogP contribution in [0.1, 0.15) is 23.2 Å². The number of primary amides is 1. The fourth-order valence-corrected chi connectivity index (χ4v) is 4.22. The summed E-state index contributed by atoms with van der Waals surface area (Å²) in [6.07, 6.45) is 5.26. The van der Waals surface area contributed by atoms with Crippen LogP contribution in [0.4, 0.5) is 11.4 Å². The molecule has 1 saturated heterocycles. The van der Waals surface area contributed by atoms with Gasteiger partial charge in [0.25, 0.3) is 5.91 Å². The first-order chi connectivity index (χ1) is 15.5. The van der Waals surface area contributed by atoms with Gasteiger partial charge in [0, 0.05) is 48.8 Å². The van der Waals surface area contributed by atoms with E-state index in [-0.39, 0.29) is 17.7 Å². The smallest absolute Gasteiger partial charge is 0.259 e. The fraction of sp³-hybridized carbons (Fsp3) is 0.250.